The molecule has 0 aliphatic rings. The minimum Gasteiger partial charge on any atom is -0.455 e. The number of ether oxygens (including phenoxy) is 1. The Morgan fingerprint density at radius 1 is 0.889 bits per heavy atom. The van der Waals surface area contributed by atoms with Crippen molar-refractivity contribution in [1.82, 2.24) is 0 Å². The van der Waals surface area contributed by atoms with Crippen molar-refractivity contribution >= 4 is 50.5 Å². The number of halogens is 2. The van der Waals surface area contributed by atoms with E-state index in [1.54, 1.807) is 54.6 Å². The first kappa shape index (κ1) is 25.6. The van der Waals surface area contributed by atoms with Crippen LogP contribution in [0.2, 0.25) is 10.0 Å². The molecule has 0 spiro atoms. The third-order valence-corrected chi connectivity index (χ3v) is 7.68. The van der Waals surface area contributed by atoms with Gasteiger partial charge in [-0.3, -0.25) is 9.10 Å². The van der Waals surface area contributed by atoms with Crippen molar-refractivity contribution in [3.8, 4) is 11.5 Å². The maximum absolute atomic E-state index is 13.5. The van der Waals surface area contributed by atoms with Crippen LogP contribution < -0.4 is 14.4 Å². The Labute approximate surface area is 220 Å². The van der Waals surface area contributed by atoms with Crippen molar-refractivity contribution in [3.63, 3.8) is 0 Å². The summed E-state index contributed by atoms with van der Waals surface area (Å²) in [5.74, 6) is 0.332. The molecule has 0 saturated carbocycles. The zero-order chi connectivity index (χ0) is 25.7. The second-order valence-electron chi connectivity index (χ2n) is 7.86. The van der Waals surface area contributed by atoms with E-state index in [1.807, 2.05) is 25.1 Å². The third kappa shape index (κ3) is 5.99. The SMILES string of the molecule is Cc1ccc(N(CC(=O)Nc2cc(Cl)ccc2Oc2ccccc2)S(=O)(=O)c2ccccc2)cc1Cl. The van der Waals surface area contributed by atoms with Crippen LogP contribution in [-0.2, 0) is 14.8 Å². The first-order chi connectivity index (χ1) is 17.2. The summed E-state index contributed by atoms with van der Waals surface area (Å²) >= 11 is 12.4. The summed E-state index contributed by atoms with van der Waals surface area (Å²) in [7, 11) is -4.08. The highest BCUT2D eigenvalue weighted by molar-refractivity contribution is 7.92. The topological polar surface area (TPSA) is 75.7 Å². The van der Waals surface area contributed by atoms with Crippen molar-refractivity contribution in [2.45, 2.75) is 11.8 Å². The standard InChI is InChI=1S/C27H22Cl2N2O4S/c1-19-12-14-21(17-24(19)29)31(36(33,34)23-10-6-3-7-11-23)18-27(32)30-25-16-20(28)13-15-26(25)35-22-8-4-2-5-9-22/h2-17H,18H2,1H3,(H,30,32). The van der Waals surface area contributed by atoms with Crippen LogP contribution in [-0.4, -0.2) is 20.9 Å². The third-order valence-electron chi connectivity index (χ3n) is 5.25. The van der Waals surface area contributed by atoms with Gasteiger partial charge in [0.05, 0.1) is 16.3 Å². The monoisotopic (exact) mass is 540 g/mol. The second kappa shape index (κ2) is 11.0. The molecule has 0 radical (unpaired) electrons. The Bertz CT molecular complexity index is 1480. The van der Waals surface area contributed by atoms with Crippen LogP contribution in [0.4, 0.5) is 11.4 Å². The van der Waals surface area contributed by atoms with Gasteiger partial charge in [0.15, 0.2) is 5.75 Å². The van der Waals surface area contributed by atoms with Crippen LogP contribution in [0.25, 0.3) is 0 Å². The molecule has 0 heterocycles. The highest BCUT2D eigenvalue weighted by Crippen LogP contribution is 2.33. The lowest BCUT2D eigenvalue weighted by Gasteiger charge is -2.25. The molecule has 1 amide bonds. The Hall–Kier alpha value is -3.52. The van der Waals surface area contributed by atoms with E-state index in [-0.39, 0.29) is 10.6 Å². The summed E-state index contributed by atoms with van der Waals surface area (Å²) in [6.07, 6.45) is 0. The van der Waals surface area contributed by atoms with Crippen LogP contribution in [0.3, 0.4) is 0 Å². The first-order valence-corrected chi connectivity index (χ1v) is 13.1. The first-order valence-electron chi connectivity index (χ1n) is 10.9. The summed E-state index contributed by atoms with van der Waals surface area (Å²) < 4.78 is 34.0. The highest BCUT2D eigenvalue weighted by atomic mass is 35.5. The van der Waals surface area contributed by atoms with E-state index in [1.165, 1.54) is 24.3 Å². The molecule has 9 heteroatoms. The molecule has 4 aromatic carbocycles. The molecular weight excluding hydrogens is 519 g/mol. The maximum Gasteiger partial charge on any atom is 0.264 e. The largest absolute Gasteiger partial charge is 0.455 e. The van der Waals surface area contributed by atoms with E-state index >= 15 is 0 Å². The quantitative estimate of drug-likeness (QED) is 0.263. The number of aryl methyl sites for hydroxylation is 1. The van der Waals surface area contributed by atoms with Gasteiger partial charge in [0, 0.05) is 10.0 Å². The van der Waals surface area contributed by atoms with Gasteiger partial charge < -0.3 is 10.1 Å². The van der Waals surface area contributed by atoms with Crippen LogP contribution >= 0.6 is 23.2 Å². The lowest BCUT2D eigenvalue weighted by molar-refractivity contribution is -0.114. The number of para-hydroxylation sites is 1. The predicted molar refractivity (Wildman–Crippen MR) is 144 cm³/mol. The van der Waals surface area contributed by atoms with E-state index in [4.69, 9.17) is 27.9 Å². The number of benzene rings is 4. The molecule has 0 aliphatic carbocycles. The van der Waals surface area contributed by atoms with Crippen molar-refractivity contribution < 1.29 is 17.9 Å². The number of sulfonamides is 1. The molecule has 4 aromatic rings. The van der Waals surface area contributed by atoms with Gasteiger partial charge in [0.1, 0.15) is 12.3 Å². The highest BCUT2D eigenvalue weighted by Gasteiger charge is 2.28. The average Bonchev–Trinajstić information content (AvgIpc) is 2.87. The van der Waals surface area contributed by atoms with Crippen molar-refractivity contribution in [3.05, 3.63) is 113 Å². The number of carbonyl (C=O) groups excluding carboxylic acids is 1. The Kier molecular flexibility index (Phi) is 7.84. The van der Waals surface area contributed by atoms with E-state index in [0.29, 0.717) is 27.2 Å². The summed E-state index contributed by atoms with van der Waals surface area (Å²) in [4.78, 5) is 13.2. The number of hydrogen-bond acceptors (Lipinski definition) is 4. The molecular formula is C27H22Cl2N2O4S. The van der Waals surface area contributed by atoms with Crippen molar-refractivity contribution in [2.24, 2.45) is 0 Å². The maximum atomic E-state index is 13.5. The zero-order valence-corrected chi connectivity index (χ0v) is 21.5. The van der Waals surface area contributed by atoms with Gasteiger partial charge >= 0.3 is 0 Å². The van der Waals surface area contributed by atoms with Gasteiger partial charge in [-0.1, -0.05) is 65.7 Å². The molecule has 0 aliphatic heterocycles. The number of carbonyl (C=O) groups is 1. The molecule has 0 aromatic heterocycles. The molecule has 1 N–H and O–H groups in total. The van der Waals surface area contributed by atoms with E-state index in [9.17, 15) is 13.2 Å². The fraction of sp³-hybridized carbons (Fsp3) is 0.0741. The van der Waals surface area contributed by atoms with Crippen LogP contribution in [0.1, 0.15) is 5.56 Å². The minimum atomic E-state index is -4.08. The summed E-state index contributed by atoms with van der Waals surface area (Å²) in [5, 5.41) is 3.50. The number of hydrogen-bond donors (Lipinski definition) is 1. The summed E-state index contributed by atoms with van der Waals surface area (Å²) in [6.45, 7) is 1.30. The zero-order valence-electron chi connectivity index (χ0n) is 19.2. The molecule has 0 fully saturated rings. The molecule has 0 bridgehead atoms. The molecule has 0 atom stereocenters. The van der Waals surface area contributed by atoms with Crippen LogP contribution in [0, 0.1) is 6.92 Å². The van der Waals surface area contributed by atoms with Gasteiger partial charge in [-0.25, -0.2) is 8.42 Å². The summed E-state index contributed by atoms with van der Waals surface area (Å²) in [5.41, 5.74) is 1.34. The summed E-state index contributed by atoms with van der Waals surface area (Å²) in [6, 6.07) is 26.6. The van der Waals surface area contributed by atoms with Crippen LogP contribution in [0.15, 0.2) is 102 Å². The average molecular weight is 541 g/mol. The Morgan fingerprint density at radius 2 is 1.56 bits per heavy atom. The Balaban J connectivity index is 1.65. The van der Waals surface area contributed by atoms with E-state index in [0.717, 1.165) is 9.87 Å². The van der Waals surface area contributed by atoms with Gasteiger partial charge in [-0.2, -0.15) is 0 Å². The lowest BCUT2D eigenvalue weighted by Crippen LogP contribution is -2.38. The molecule has 184 valence electrons. The van der Waals surface area contributed by atoms with E-state index < -0.39 is 22.5 Å². The number of nitrogens with one attached hydrogen (secondary N) is 1. The number of amides is 1. The molecule has 0 unspecified atom stereocenters. The van der Waals surface area contributed by atoms with Crippen molar-refractivity contribution in [2.75, 3.05) is 16.2 Å². The number of anilines is 2. The fourth-order valence-electron chi connectivity index (χ4n) is 3.40. The lowest BCUT2D eigenvalue weighted by atomic mass is 10.2. The molecule has 6 nitrogen and oxygen atoms in total. The van der Waals surface area contributed by atoms with Crippen LogP contribution in [0.5, 0.6) is 11.5 Å². The molecule has 4 rings (SSSR count). The van der Waals surface area contributed by atoms with Gasteiger partial charge in [-0.05, 0) is 67.1 Å². The fourth-order valence-corrected chi connectivity index (χ4v) is 5.18. The normalized spacial score (nSPS) is 11.1. The number of nitrogens with zero attached hydrogens (tertiary/aromatic N) is 1. The van der Waals surface area contributed by atoms with Gasteiger partial charge in [0.25, 0.3) is 10.0 Å². The van der Waals surface area contributed by atoms with Crippen molar-refractivity contribution in [1.29, 1.82) is 0 Å². The second-order valence-corrected chi connectivity index (χ2v) is 10.6. The van der Waals surface area contributed by atoms with Gasteiger partial charge in [0.2, 0.25) is 5.91 Å². The Morgan fingerprint density at radius 3 is 2.22 bits per heavy atom. The number of rotatable bonds is 8. The predicted octanol–water partition coefficient (Wildman–Crippen LogP) is 6.93. The molecule has 0 saturated heterocycles. The van der Waals surface area contributed by atoms with E-state index in [2.05, 4.69) is 5.32 Å². The molecule has 36 heavy (non-hydrogen) atoms. The van der Waals surface area contributed by atoms with Gasteiger partial charge in [-0.15, -0.1) is 0 Å². The smallest absolute Gasteiger partial charge is 0.264 e. The minimum absolute atomic E-state index is 0.0466.